The smallest absolute Gasteiger partial charge is 0.237 e. The summed E-state index contributed by atoms with van der Waals surface area (Å²) in [6.45, 7) is 2.00. The number of nitrogens with zero attached hydrogens (tertiary/aromatic N) is 1. The summed E-state index contributed by atoms with van der Waals surface area (Å²) < 4.78 is 5.18. The van der Waals surface area contributed by atoms with E-state index in [1.807, 2.05) is 79.7 Å². The van der Waals surface area contributed by atoms with Crippen molar-refractivity contribution in [2.75, 3.05) is 12.4 Å². The number of ether oxygens (including phenoxy) is 1. The van der Waals surface area contributed by atoms with Crippen molar-refractivity contribution in [2.45, 2.75) is 23.8 Å². The molecule has 162 valence electrons. The molecule has 1 unspecified atom stereocenters. The third kappa shape index (κ3) is 5.03. The van der Waals surface area contributed by atoms with Crippen LogP contribution < -0.4 is 10.1 Å². The van der Waals surface area contributed by atoms with E-state index < -0.39 is 0 Å². The van der Waals surface area contributed by atoms with Crippen molar-refractivity contribution in [1.29, 1.82) is 0 Å². The Morgan fingerprint density at radius 3 is 2.19 bits per heavy atom. The topological polar surface area (TPSA) is 67.0 Å². The van der Waals surface area contributed by atoms with Crippen LogP contribution in [0.1, 0.15) is 13.3 Å². The van der Waals surface area contributed by atoms with Gasteiger partial charge < -0.3 is 15.0 Å². The summed E-state index contributed by atoms with van der Waals surface area (Å²) in [4.78, 5) is 21.2. The van der Waals surface area contributed by atoms with Gasteiger partial charge >= 0.3 is 0 Å². The van der Waals surface area contributed by atoms with E-state index in [0.29, 0.717) is 6.42 Å². The molecule has 1 aromatic heterocycles. The number of hydrogen-bond acceptors (Lipinski definition) is 4. The molecule has 4 rings (SSSR count). The molecule has 0 fully saturated rings. The van der Waals surface area contributed by atoms with E-state index in [2.05, 4.69) is 22.4 Å². The molecule has 0 saturated carbocycles. The third-order valence-electron chi connectivity index (χ3n) is 5.07. The number of amides is 1. The van der Waals surface area contributed by atoms with Gasteiger partial charge in [0.15, 0.2) is 5.16 Å². The second-order valence-corrected chi connectivity index (χ2v) is 8.42. The molecule has 0 aliphatic rings. The van der Waals surface area contributed by atoms with Crippen LogP contribution in [0, 0.1) is 0 Å². The number of thioether (sulfide) groups is 1. The maximum absolute atomic E-state index is 12.9. The summed E-state index contributed by atoms with van der Waals surface area (Å²) in [7, 11) is 1.62. The predicted octanol–water partition coefficient (Wildman–Crippen LogP) is 6.26. The second-order valence-electron chi connectivity index (χ2n) is 7.23. The number of rotatable bonds is 8. The Labute approximate surface area is 192 Å². The van der Waals surface area contributed by atoms with Gasteiger partial charge in [0.05, 0.1) is 23.7 Å². The highest BCUT2D eigenvalue weighted by Gasteiger charge is 2.22. The highest BCUT2D eigenvalue weighted by molar-refractivity contribution is 8.00. The molecule has 0 radical (unpaired) electrons. The Hall–Kier alpha value is -3.51. The van der Waals surface area contributed by atoms with Crippen molar-refractivity contribution in [2.24, 2.45) is 0 Å². The van der Waals surface area contributed by atoms with Crippen LogP contribution in [0.3, 0.4) is 0 Å². The first-order chi connectivity index (χ1) is 15.7. The summed E-state index contributed by atoms with van der Waals surface area (Å²) in [5.74, 6) is 0.698. The average Bonchev–Trinajstić information content (AvgIpc) is 3.28. The maximum atomic E-state index is 12.9. The molecule has 5 nitrogen and oxygen atoms in total. The zero-order valence-corrected chi connectivity index (χ0v) is 18.9. The molecule has 0 bridgehead atoms. The van der Waals surface area contributed by atoms with Crippen molar-refractivity contribution in [1.82, 2.24) is 9.97 Å². The third-order valence-corrected chi connectivity index (χ3v) is 6.31. The number of carbonyl (C=O) groups excluding carboxylic acids is 1. The summed E-state index contributed by atoms with van der Waals surface area (Å²) in [6, 6.07) is 27.5. The number of H-pyrrole nitrogens is 1. The number of imidazole rings is 1. The Morgan fingerprint density at radius 1 is 0.969 bits per heavy atom. The molecule has 1 atom stereocenters. The fraction of sp³-hybridized carbons (Fsp3) is 0.154. The minimum atomic E-state index is -0.282. The van der Waals surface area contributed by atoms with E-state index in [1.54, 1.807) is 7.11 Å². The molecule has 4 aromatic rings. The lowest BCUT2D eigenvalue weighted by molar-refractivity contribution is -0.115. The Kier molecular flexibility index (Phi) is 6.92. The molecule has 3 aromatic carbocycles. The number of aromatic amines is 1. The van der Waals surface area contributed by atoms with E-state index >= 15 is 0 Å². The molecule has 2 N–H and O–H groups in total. The van der Waals surface area contributed by atoms with Gasteiger partial charge in [-0.3, -0.25) is 4.79 Å². The van der Waals surface area contributed by atoms with Crippen LogP contribution in [0.5, 0.6) is 5.75 Å². The lowest BCUT2D eigenvalue weighted by Crippen LogP contribution is -2.24. The van der Waals surface area contributed by atoms with Gasteiger partial charge in [-0.1, -0.05) is 79.3 Å². The van der Waals surface area contributed by atoms with E-state index in [9.17, 15) is 4.79 Å². The minimum Gasteiger partial charge on any atom is -0.497 e. The zero-order chi connectivity index (χ0) is 22.3. The number of carbonyl (C=O) groups is 1. The number of nitrogens with one attached hydrogen (secondary N) is 2. The maximum Gasteiger partial charge on any atom is 0.237 e. The number of hydrogen-bond donors (Lipinski definition) is 2. The summed E-state index contributed by atoms with van der Waals surface area (Å²) in [6.07, 6.45) is 0.675. The highest BCUT2D eigenvalue weighted by atomic mass is 32.2. The Bertz CT molecular complexity index is 1100. The van der Waals surface area contributed by atoms with Crippen molar-refractivity contribution < 1.29 is 9.53 Å². The monoisotopic (exact) mass is 443 g/mol. The van der Waals surface area contributed by atoms with E-state index in [0.717, 1.165) is 39.1 Å². The quantitative estimate of drug-likeness (QED) is 0.315. The van der Waals surface area contributed by atoms with Gasteiger partial charge in [0.2, 0.25) is 5.91 Å². The molecular formula is C26H25N3O2S. The molecule has 0 aliphatic heterocycles. The number of methoxy groups -OCH3 is 1. The van der Waals surface area contributed by atoms with E-state index in [-0.39, 0.29) is 11.2 Å². The fourth-order valence-electron chi connectivity index (χ4n) is 3.38. The molecule has 1 heterocycles. The second kappa shape index (κ2) is 10.2. The van der Waals surface area contributed by atoms with Crippen LogP contribution in [0.15, 0.2) is 90.1 Å². The average molecular weight is 444 g/mol. The van der Waals surface area contributed by atoms with Crippen LogP contribution in [0.4, 0.5) is 5.69 Å². The van der Waals surface area contributed by atoms with Crippen LogP contribution in [-0.2, 0) is 4.79 Å². The highest BCUT2D eigenvalue weighted by Crippen LogP contribution is 2.34. The summed E-state index contributed by atoms with van der Waals surface area (Å²) in [5.41, 5.74) is 4.66. The lowest BCUT2D eigenvalue weighted by Gasteiger charge is -2.13. The molecular weight excluding hydrogens is 418 g/mol. The molecule has 0 saturated heterocycles. The number of benzene rings is 3. The van der Waals surface area contributed by atoms with Gasteiger partial charge in [0.25, 0.3) is 0 Å². The molecule has 1 amide bonds. The minimum absolute atomic E-state index is 0.0541. The summed E-state index contributed by atoms with van der Waals surface area (Å²) in [5, 5.41) is 3.43. The zero-order valence-electron chi connectivity index (χ0n) is 18.0. The van der Waals surface area contributed by atoms with Gasteiger partial charge in [0.1, 0.15) is 5.75 Å². The number of anilines is 1. The number of aromatic nitrogens is 2. The Morgan fingerprint density at radius 2 is 1.59 bits per heavy atom. The first-order valence-corrected chi connectivity index (χ1v) is 11.4. The van der Waals surface area contributed by atoms with Crippen LogP contribution in [0.2, 0.25) is 0 Å². The van der Waals surface area contributed by atoms with E-state index in [1.165, 1.54) is 11.8 Å². The van der Waals surface area contributed by atoms with Crippen molar-refractivity contribution >= 4 is 23.4 Å². The summed E-state index contributed by atoms with van der Waals surface area (Å²) >= 11 is 1.44. The van der Waals surface area contributed by atoms with Crippen molar-refractivity contribution in [3.63, 3.8) is 0 Å². The van der Waals surface area contributed by atoms with Crippen LogP contribution >= 0.6 is 11.8 Å². The molecule has 0 aliphatic carbocycles. The molecule has 0 spiro atoms. The standard InChI is InChI=1S/C26H25N3O2S/c1-3-22(25(30)27-20-14-16-21(31-2)17-15-20)32-26-28-23(18-10-6-4-7-11-18)24(29-26)19-12-8-5-9-13-19/h4-17,22H,3H2,1-2H3,(H,27,30)(H,28,29). The van der Waals surface area contributed by atoms with Gasteiger partial charge in [-0.25, -0.2) is 4.98 Å². The largest absolute Gasteiger partial charge is 0.497 e. The van der Waals surface area contributed by atoms with Crippen LogP contribution in [-0.4, -0.2) is 28.2 Å². The predicted molar refractivity (Wildman–Crippen MR) is 131 cm³/mol. The molecule has 32 heavy (non-hydrogen) atoms. The van der Waals surface area contributed by atoms with Crippen molar-refractivity contribution in [3.05, 3.63) is 84.9 Å². The normalized spacial score (nSPS) is 11.7. The van der Waals surface area contributed by atoms with Crippen LogP contribution in [0.25, 0.3) is 22.5 Å². The lowest BCUT2D eigenvalue weighted by atomic mass is 10.1. The van der Waals surface area contributed by atoms with Gasteiger partial charge in [-0.2, -0.15) is 0 Å². The van der Waals surface area contributed by atoms with Crippen molar-refractivity contribution in [3.8, 4) is 28.3 Å². The van der Waals surface area contributed by atoms with Gasteiger partial charge in [-0.15, -0.1) is 0 Å². The van der Waals surface area contributed by atoms with E-state index in [4.69, 9.17) is 9.72 Å². The van der Waals surface area contributed by atoms with Gasteiger partial charge in [-0.05, 0) is 30.7 Å². The Balaban J connectivity index is 1.58. The SMILES string of the molecule is CCC(Sc1nc(-c2ccccc2)c(-c2ccccc2)[nH]1)C(=O)Nc1ccc(OC)cc1. The van der Waals surface area contributed by atoms with Gasteiger partial charge in [0, 0.05) is 16.8 Å². The first-order valence-electron chi connectivity index (χ1n) is 10.5. The fourth-order valence-corrected chi connectivity index (χ4v) is 4.29. The first kappa shape index (κ1) is 21.7. The molecule has 6 heteroatoms.